The fourth-order valence-corrected chi connectivity index (χ4v) is 3.53. The number of hydrogen-bond donors (Lipinski definition) is 0. The van der Waals surface area contributed by atoms with Crippen LogP contribution in [0.15, 0.2) is 72.8 Å². The zero-order chi connectivity index (χ0) is 19.5. The molecule has 0 aliphatic heterocycles. The normalized spacial score (nSPS) is 21.9. The van der Waals surface area contributed by atoms with E-state index >= 15 is 0 Å². The molecule has 0 unspecified atom stereocenters. The van der Waals surface area contributed by atoms with Crippen molar-refractivity contribution >= 4 is 31.7 Å². The molecule has 0 radical (unpaired) electrons. The van der Waals surface area contributed by atoms with Gasteiger partial charge in [0.05, 0.1) is 9.81 Å². The Morgan fingerprint density at radius 1 is 0.857 bits per heavy atom. The Morgan fingerprint density at radius 2 is 1.29 bits per heavy atom. The van der Waals surface area contributed by atoms with E-state index in [1.807, 2.05) is 0 Å². The number of nitrogens with zero attached hydrogens (tertiary/aromatic N) is 6. The molecule has 0 atom stereocenters. The fourth-order valence-electron chi connectivity index (χ4n) is 2.11. The van der Waals surface area contributed by atoms with Gasteiger partial charge in [-0.1, -0.05) is 18.2 Å². The van der Waals surface area contributed by atoms with Gasteiger partial charge < -0.3 is 19.7 Å². The molecule has 0 spiro atoms. The quantitative estimate of drug-likeness (QED) is 0.137. The summed E-state index contributed by atoms with van der Waals surface area (Å²) in [5.74, 6) is 0. The first-order valence-electron chi connectivity index (χ1n) is 6.38. The summed E-state index contributed by atoms with van der Waals surface area (Å²) in [6.07, 6.45) is 5.80. The molecule has 0 saturated carbocycles. The molecule has 2 aliphatic carbocycles. The Morgan fingerprint density at radius 3 is 1.68 bits per heavy atom. The van der Waals surface area contributed by atoms with Crippen LogP contribution in [0.3, 0.4) is 0 Å². The average molecular weight is 440 g/mol. The van der Waals surface area contributed by atoms with Gasteiger partial charge in [-0.2, -0.15) is 0 Å². The third-order valence-electron chi connectivity index (χ3n) is 3.08. The summed E-state index contributed by atoms with van der Waals surface area (Å²) in [6, 6.07) is 0. The minimum atomic E-state index is -5.12. The molecule has 16 heteroatoms. The van der Waals surface area contributed by atoms with Gasteiger partial charge in [-0.15, -0.1) is 0 Å². The minimum absolute atomic E-state index is 0. The molecule has 0 aromatic heterocycles. The van der Waals surface area contributed by atoms with Crippen LogP contribution in [0.2, 0.25) is 0 Å². The van der Waals surface area contributed by atoms with E-state index in [-0.39, 0.29) is 81.7 Å². The summed E-state index contributed by atoms with van der Waals surface area (Å²) in [5.41, 5.74) is 7.21. The van der Waals surface area contributed by atoms with Crippen molar-refractivity contribution in [2.45, 2.75) is 0 Å². The Bertz CT molecular complexity index is 1150. The molecule has 28 heavy (non-hydrogen) atoms. The predicted octanol–water partition coefficient (Wildman–Crippen LogP) is -5.12. The molecule has 2 aliphatic rings. The van der Waals surface area contributed by atoms with E-state index in [1.165, 1.54) is 0 Å². The summed E-state index contributed by atoms with van der Waals surface area (Å²) >= 11 is 0. The van der Waals surface area contributed by atoms with Crippen molar-refractivity contribution in [2.75, 3.05) is 0 Å². The monoisotopic (exact) mass is 440 g/mol. The zero-order valence-corrected chi connectivity index (χ0v) is 20.0. The maximum absolute atomic E-state index is 11.5. The first kappa shape index (κ1) is 26.9. The molecule has 0 saturated heterocycles. The number of hydrogen-bond acceptors (Lipinski definition) is 9. The molecule has 0 heterocycles. The maximum atomic E-state index is 11.5. The van der Waals surface area contributed by atoms with Gasteiger partial charge >= 0.3 is 64.2 Å². The van der Waals surface area contributed by atoms with Gasteiger partial charge in [0.25, 0.3) is 5.39 Å². The van der Waals surface area contributed by atoms with Crippen molar-refractivity contribution in [2.24, 2.45) is 15.4 Å². The molecule has 0 aromatic rings. The summed E-state index contributed by atoms with van der Waals surface area (Å²) in [5, 5.41) is 19.6. The van der Waals surface area contributed by atoms with E-state index < -0.39 is 30.0 Å². The van der Waals surface area contributed by atoms with Crippen LogP contribution in [0.25, 0.3) is 10.6 Å². The molecule has 0 N–H and O–H groups in total. The van der Waals surface area contributed by atoms with Gasteiger partial charge in [-0.25, -0.2) is 16.8 Å². The number of rotatable bonds is 3. The van der Waals surface area contributed by atoms with Crippen molar-refractivity contribution < 1.29 is 85.1 Å². The van der Waals surface area contributed by atoms with Crippen LogP contribution in [-0.2, 0) is 20.2 Å². The Hall–Kier alpha value is -1.12. The molecule has 2 rings (SSSR count). The number of allylic oxidation sites excluding steroid dienone is 8. The van der Waals surface area contributed by atoms with E-state index in [2.05, 4.69) is 20.5 Å². The van der Waals surface area contributed by atoms with Crippen LogP contribution in [0.4, 0.5) is 0 Å². The summed E-state index contributed by atoms with van der Waals surface area (Å²) in [7, 11) is -10.2. The zero-order valence-electron chi connectivity index (χ0n) is 14.4. The molecular weight excluding hydrogens is 434 g/mol. The van der Waals surface area contributed by atoms with Crippen molar-refractivity contribution in [1.29, 1.82) is 5.39 Å². The summed E-state index contributed by atoms with van der Waals surface area (Å²) < 4.78 is 69.2. The van der Waals surface area contributed by atoms with Crippen LogP contribution < -0.4 is 59.1 Å². The van der Waals surface area contributed by atoms with Gasteiger partial charge in [-0.05, 0) is 23.9 Å². The standard InChI is InChI=1S/C12H8N6O6S2.2Na/c13-17-15-7-1-3-9(11(5-7)25(19,20)21)10-4-2-8(16-18-14)6-12(10)26(22,23)24;;/h1-6H,(H,19,20,21)(H,22,23,24);;/q;2*+1/p-2. The van der Waals surface area contributed by atoms with Gasteiger partial charge in [-0.3, -0.25) is 5.22 Å². The van der Waals surface area contributed by atoms with Crippen LogP contribution in [0.1, 0.15) is 0 Å². The van der Waals surface area contributed by atoms with Crippen LogP contribution in [0.5, 0.6) is 0 Å². The SMILES string of the molecule is N#[N+]N=C1C=CC(=C2C=CC(=NN=[N-])C=C2S(=O)(=O)[O-])C(S(=O)(=O)[O-])=C1.[Na+].[Na+]. The summed E-state index contributed by atoms with van der Waals surface area (Å²) in [4.78, 5) is -1.77. The second-order valence-electron chi connectivity index (χ2n) is 4.65. The maximum Gasteiger partial charge on any atom is 1.00 e. The van der Waals surface area contributed by atoms with Crippen LogP contribution >= 0.6 is 0 Å². The van der Waals surface area contributed by atoms with E-state index in [1.54, 1.807) is 0 Å². The second kappa shape index (κ2) is 10.6. The Kier molecular flexibility index (Phi) is 10.2. The smallest absolute Gasteiger partial charge is 0.744 e. The average Bonchev–Trinajstić information content (AvgIpc) is 2.54. The largest absolute Gasteiger partial charge is 1.00 e. The molecular formula is C12H6N6Na2O6S2. The van der Waals surface area contributed by atoms with E-state index in [0.29, 0.717) is 0 Å². The fraction of sp³-hybridized carbons (Fsp3) is 0. The third-order valence-corrected chi connectivity index (χ3v) is 4.83. The van der Waals surface area contributed by atoms with E-state index in [9.17, 15) is 25.9 Å². The van der Waals surface area contributed by atoms with Gasteiger partial charge in [0.15, 0.2) is 10.8 Å². The molecule has 0 amide bonds. The van der Waals surface area contributed by atoms with Gasteiger partial charge in [0, 0.05) is 11.1 Å². The predicted molar refractivity (Wildman–Crippen MR) is 86.6 cm³/mol. The van der Waals surface area contributed by atoms with Crippen LogP contribution in [0, 0.1) is 5.39 Å². The Balaban J connectivity index is 0.00000364. The molecule has 134 valence electrons. The van der Waals surface area contributed by atoms with Gasteiger partial charge in [0.1, 0.15) is 20.2 Å². The Labute approximate surface area is 203 Å². The minimum Gasteiger partial charge on any atom is -0.744 e. The first-order valence-corrected chi connectivity index (χ1v) is 9.20. The third kappa shape index (κ3) is 6.46. The molecule has 12 nitrogen and oxygen atoms in total. The first-order chi connectivity index (χ1) is 12.1. The van der Waals surface area contributed by atoms with Crippen molar-refractivity contribution in [1.82, 2.24) is 0 Å². The molecule has 0 bridgehead atoms. The van der Waals surface area contributed by atoms with Gasteiger partial charge in [0.2, 0.25) is 0 Å². The van der Waals surface area contributed by atoms with Crippen molar-refractivity contribution in [3.8, 4) is 0 Å². The van der Waals surface area contributed by atoms with E-state index in [4.69, 9.17) is 10.9 Å². The topological polar surface area (TPSA) is 202 Å². The molecule has 0 aromatic carbocycles. The number of diazo groups is 1. The second-order valence-corrected chi connectivity index (χ2v) is 7.34. The van der Waals surface area contributed by atoms with Crippen molar-refractivity contribution in [3.63, 3.8) is 0 Å². The van der Waals surface area contributed by atoms with Crippen LogP contribution in [-0.4, -0.2) is 37.4 Å². The molecule has 0 fully saturated rings. The van der Waals surface area contributed by atoms with Crippen molar-refractivity contribution in [3.05, 3.63) is 68.0 Å². The summed E-state index contributed by atoms with van der Waals surface area (Å²) in [6.45, 7) is 0. The van der Waals surface area contributed by atoms with E-state index in [0.717, 1.165) is 36.5 Å².